The van der Waals surface area contributed by atoms with Gasteiger partial charge in [0.25, 0.3) is 15.9 Å². The van der Waals surface area contributed by atoms with Crippen molar-refractivity contribution < 1.29 is 22.3 Å². The number of sulfonamides is 1. The zero-order valence-electron chi connectivity index (χ0n) is 11.2. The lowest BCUT2D eigenvalue weighted by atomic mass is 10.0. The van der Waals surface area contributed by atoms with E-state index >= 15 is 0 Å². The number of nitrogens with one attached hydrogen (secondary N) is 1. The smallest absolute Gasteiger partial charge is 0.265 e. The van der Waals surface area contributed by atoms with Gasteiger partial charge in [0.2, 0.25) is 0 Å². The van der Waals surface area contributed by atoms with E-state index in [1.807, 2.05) is 4.72 Å². The van der Waals surface area contributed by atoms with Crippen molar-refractivity contribution in [3.8, 4) is 6.07 Å². The lowest BCUT2D eigenvalue weighted by Gasteiger charge is -2.21. The molecule has 1 heterocycles. The van der Waals surface area contributed by atoms with Crippen LogP contribution in [0.1, 0.15) is 25.3 Å². The number of hydrogen-bond acceptors (Lipinski definition) is 5. The highest BCUT2D eigenvalue weighted by atomic mass is 32.2. The number of carbonyl (C=O) groups excluding carboxylic acids is 1. The van der Waals surface area contributed by atoms with Crippen molar-refractivity contribution in [1.82, 2.24) is 4.72 Å². The number of ether oxygens (including phenoxy) is 1. The van der Waals surface area contributed by atoms with Crippen LogP contribution in [0.5, 0.6) is 0 Å². The van der Waals surface area contributed by atoms with Gasteiger partial charge in [-0.05, 0) is 31.9 Å². The molecular formula is C13H13FN2O4S. The van der Waals surface area contributed by atoms with Crippen molar-refractivity contribution in [3.63, 3.8) is 0 Å². The number of carbonyl (C=O) groups is 1. The van der Waals surface area contributed by atoms with E-state index in [1.54, 1.807) is 0 Å². The summed E-state index contributed by atoms with van der Waals surface area (Å²) in [5, 5.41) is 8.87. The summed E-state index contributed by atoms with van der Waals surface area (Å²) >= 11 is 0. The van der Waals surface area contributed by atoms with Gasteiger partial charge in [0.1, 0.15) is 27.9 Å². The van der Waals surface area contributed by atoms with Gasteiger partial charge in [0.05, 0.1) is 0 Å². The first-order chi connectivity index (χ1) is 9.80. The van der Waals surface area contributed by atoms with Gasteiger partial charge in [-0.15, -0.1) is 0 Å². The van der Waals surface area contributed by atoms with Gasteiger partial charge in [0.15, 0.2) is 0 Å². The predicted octanol–water partition coefficient (Wildman–Crippen LogP) is 1.07. The summed E-state index contributed by atoms with van der Waals surface area (Å²) in [6.07, 6.45) is 1.04. The summed E-state index contributed by atoms with van der Waals surface area (Å²) in [4.78, 5) is 11.5. The Balaban J connectivity index is 2.34. The van der Waals surface area contributed by atoms with Gasteiger partial charge in [-0.3, -0.25) is 4.79 Å². The maximum absolute atomic E-state index is 13.5. The van der Waals surface area contributed by atoms with E-state index in [-0.39, 0.29) is 0 Å². The molecule has 1 aromatic carbocycles. The van der Waals surface area contributed by atoms with E-state index in [1.165, 1.54) is 13.0 Å². The monoisotopic (exact) mass is 312 g/mol. The second kappa shape index (κ2) is 5.42. The van der Waals surface area contributed by atoms with Crippen molar-refractivity contribution in [1.29, 1.82) is 5.26 Å². The van der Waals surface area contributed by atoms with E-state index in [9.17, 15) is 17.6 Å². The van der Waals surface area contributed by atoms with E-state index in [2.05, 4.69) is 0 Å². The summed E-state index contributed by atoms with van der Waals surface area (Å²) in [6, 6.07) is 4.68. The largest absolute Gasteiger partial charge is 0.365 e. The van der Waals surface area contributed by atoms with Crippen molar-refractivity contribution in [2.45, 2.75) is 30.3 Å². The van der Waals surface area contributed by atoms with Crippen LogP contribution in [0.2, 0.25) is 0 Å². The Morgan fingerprint density at radius 2 is 2.24 bits per heavy atom. The van der Waals surface area contributed by atoms with Crippen LogP contribution in [0.25, 0.3) is 0 Å². The highest BCUT2D eigenvalue weighted by Gasteiger charge is 2.40. The zero-order valence-corrected chi connectivity index (χ0v) is 12.0. The summed E-state index contributed by atoms with van der Waals surface area (Å²) in [6.45, 7) is 1.86. The standard InChI is InChI=1S/C13H13FN2O4S/c1-13(6-3-7-20-13)12(17)16-21(18,19)11-5-2-4-10(14)9(11)8-15/h2,4-5H,3,6-7H2,1H3,(H,16,17)/t13-/m0/s1. The van der Waals surface area contributed by atoms with E-state index in [0.717, 1.165) is 18.2 Å². The van der Waals surface area contributed by atoms with E-state index in [4.69, 9.17) is 10.00 Å². The van der Waals surface area contributed by atoms with Gasteiger partial charge >= 0.3 is 0 Å². The molecule has 0 radical (unpaired) electrons. The molecule has 6 nitrogen and oxygen atoms in total. The summed E-state index contributed by atoms with van der Waals surface area (Å²) < 4.78 is 44.9. The van der Waals surface area contributed by atoms with Crippen LogP contribution in [0.4, 0.5) is 4.39 Å². The number of nitriles is 1. The van der Waals surface area contributed by atoms with Crippen LogP contribution in [0.15, 0.2) is 23.1 Å². The van der Waals surface area contributed by atoms with Gasteiger partial charge < -0.3 is 4.74 Å². The molecular weight excluding hydrogens is 299 g/mol. The fourth-order valence-corrected chi connectivity index (χ4v) is 3.32. The minimum absolute atomic E-state index is 0.368. The molecule has 0 spiro atoms. The van der Waals surface area contributed by atoms with Gasteiger partial charge in [-0.1, -0.05) is 6.07 Å². The number of nitrogens with zero attached hydrogens (tertiary/aromatic N) is 1. The Morgan fingerprint density at radius 3 is 2.81 bits per heavy atom. The van der Waals surface area contributed by atoms with Crippen LogP contribution in [0.3, 0.4) is 0 Å². The lowest BCUT2D eigenvalue weighted by Crippen LogP contribution is -2.46. The molecule has 1 fully saturated rings. The third-order valence-electron chi connectivity index (χ3n) is 3.30. The minimum Gasteiger partial charge on any atom is -0.365 e. The van der Waals surface area contributed by atoms with E-state index in [0.29, 0.717) is 19.4 Å². The van der Waals surface area contributed by atoms with Gasteiger partial charge in [0, 0.05) is 6.61 Å². The molecule has 112 valence electrons. The predicted molar refractivity (Wildman–Crippen MR) is 70.0 cm³/mol. The third-order valence-corrected chi connectivity index (χ3v) is 4.68. The molecule has 2 rings (SSSR count). The number of hydrogen-bond donors (Lipinski definition) is 1. The fourth-order valence-electron chi connectivity index (χ4n) is 2.08. The summed E-state index contributed by atoms with van der Waals surface area (Å²) in [5.74, 6) is -1.79. The molecule has 1 saturated heterocycles. The van der Waals surface area contributed by atoms with Crippen molar-refractivity contribution in [2.75, 3.05) is 6.61 Å². The Morgan fingerprint density at radius 1 is 1.52 bits per heavy atom. The van der Waals surface area contributed by atoms with Crippen molar-refractivity contribution >= 4 is 15.9 Å². The molecule has 1 amide bonds. The van der Waals surface area contributed by atoms with Crippen LogP contribution in [0, 0.1) is 17.1 Å². The lowest BCUT2D eigenvalue weighted by molar-refractivity contribution is -0.137. The number of amides is 1. The quantitative estimate of drug-likeness (QED) is 0.900. The maximum Gasteiger partial charge on any atom is 0.265 e. The summed E-state index contributed by atoms with van der Waals surface area (Å²) in [5.41, 5.74) is -1.86. The third kappa shape index (κ3) is 2.89. The molecule has 0 aliphatic carbocycles. The van der Waals surface area contributed by atoms with Crippen molar-refractivity contribution in [3.05, 3.63) is 29.6 Å². The second-order valence-electron chi connectivity index (χ2n) is 4.84. The first-order valence-electron chi connectivity index (χ1n) is 6.20. The molecule has 1 atom stereocenters. The molecule has 1 aromatic rings. The zero-order chi connectivity index (χ0) is 15.7. The Hall–Kier alpha value is -1.98. The van der Waals surface area contributed by atoms with Crippen LogP contribution >= 0.6 is 0 Å². The number of benzene rings is 1. The van der Waals surface area contributed by atoms with Gasteiger partial charge in [-0.25, -0.2) is 17.5 Å². The molecule has 0 aromatic heterocycles. The molecule has 0 unspecified atom stereocenters. The molecule has 1 aliphatic rings. The highest BCUT2D eigenvalue weighted by Crippen LogP contribution is 2.26. The SMILES string of the molecule is C[C@@]1(C(=O)NS(=O)(=O)c2cccc(F)c2C#N)CCCO1. The molecule has 0 saturated carbocycles. The first kappa shape index (κ1) is 15.4. The molecule has 1 N–H and O–H groups in total. The highest BCUT2D eigenvalue weighted by molar-refractivity contribution is 7.90. The second-order valence-corrected chi connectivity index (χ2v) is 6.49. The number of rotatable bonds is 3. The normalized spacial score (nSPS) is 21.8. The average Bonchev–Trinajstić information content (AvgIpc) is 2.86. The summed E-state index contributed by atoms with van der Waals surface area (Å²) in [7, 11) is -4.34. The molecule has 1 aliphatic heterocycles. The topological polar surface area (TPSA) is 96.3 Å². The molecule has 21 heavy (non-hydrogen) atoms. The minimum atomic E-state index is -4.34. The fraction of sp³-hybridized carbons (Fsp3) is 0.385. The van der Waals surface area contributed by atoms with Crippen LogP contribution in [-0.2, 0) is 19.6 Å². The maximum atomic E-state index is 13.5. The molecule has 0 bridgehead atoms. The van der Waals surface area contributed by atoms with E-state index < -0.39 is 37.8 Å². The average molecular weight is 312 g/mol. The van der Waals surface area contributed by atoms with Gasteiger partial charge in [-0.2, -0.15) is 5.26 Å². The molecule has 8 heteroatoms. The van der Waals surface area contributed by atoms with Crippen molar-refractivity contribution in [2.24, 2.45) is 0 Å². The first-order valence-corrected chi connectivity index (χ1v) is 7.68. The van der Waals surface area contributed by atoms with Crippen LogP contribution < -0.4 is 4.72 Å². The van der Waals surface area contributed by atoms with Crippen LogP contribution in [-0.4, -0.2) is 26.5 Å². The Kier molecular flexibility index (Phi) is 3.98. The Labute approximate surface area is 121 Å². The Bertz CT molecular complexity index is 718. The number of halogens is 1.